The number of ether oxygens (including phenoxy) is 1. The number of carbonyl (C=O) groups excluding carboxylic acids is 1. The second-order valence-corrected chi connectivity index (χ2v) is 8.07. The molecule has 0 radical (unpaired) electrons. The van der Waals surface area contributed by atoms with Crippen LogP contribution in [0.3, 0.4) is 0 Å². The summed E-state index contributed by atoms with van der Waals surface area (Å²) in [5.74, 6) is -0.403. The van der Waals surface area contributed by atoms with Gasteiger partial charge in [0, 0.05) is 15.7 Å². The van der Waals surface area contributed by atoms with Gasteiger partial charge in [0.15, 0.2) is 0 Å². The highest BCUT2D eigenvalue weighted by Crippen LogP contribution is 2.27. The van der Waals surface area contributed by atoms with Crippen LogP contribution in [-0.2, 0) is 14.8 Å². The Morgan fingerprint density at radius 2 is 1.88 bits per heavy atom. The van der Waals surface area contributed by atoms with Crippen LogP contribution in [0.5, 0.6) is 5.75 Å². The molecule has 2 N–H and O–H groups in total. The van der Waals surface area contributed by atoms with E-state index in [4.69, 9.17) is 27.9 Å². The molecule has 0 aliphatic rings. The molecule has 9 heteroatoms. The maximum Gasteiger partial charge on any atom is 0.245 e. The Balaban J connectivity index is 2.20. The normalized spacial score (nSPS) is 12.5. The molecule has 0 aromatic heterocycles. The minimum atomic E-state index is -4.03. The summed E-state index contributed by atoms with van der Waals surface area (Å²) in [5.41, 5.74) is 1.20. The van der Waals surface area contributed by atoms with Crippen LogP contribution in [-0.4, -0.2) is 27.5 Å². The van der Waals surface area contributed by atoms with Crippen LogP contribution in [0.25, 0.3) is 0 Å². The molecule has 0 aliphatic carbocycles. The van der Waals surface area contributed by atoms with Crippen molar-refractivity contribution in [1.82, 2.24) is 4.72 Å². The van der Waals surface area contributed by atoms with Gasteiger partial charge in [0.05, 0.1) is 13.2 Å². The summed E-state index contributed by atoms with van der Waals surface area (Å²) in [6.07, 6.45) is 0. The lowest BCUT2D eigenvalue weighted by Crippen LogP contribution is -2.41. The molecule has 1 amide bonds. The van der Waals surface area contributed by atoms with Crippen LogP contribution in [0.2, 0.25) is 10.0 Å². The van der Waals surface area contributed by atoms with E-state index < -0.39 is 22.0 Å². The van der Waals surface area contributed by atoms with Gasteiger partial charge in [-0.05, 0) is 49.7 Å². The third-order valence-electron chi connectivity index (χ3n) is 3.67. The van der Waals surface area contributed by atoms with Gasteiger partial charge >= 0.3 is 0 Å². The third-order valence-corrected chi connectivity index (χ3v) is 5.87. The smallest absolute Gasteiger partial charge is 0.245 e. The number of hydrogen-bond acceptors (Lipinski definition) is 4. The van der Waals surface area contributed by atoms with Crippen molar-refractivity contribution in [3.8, 4) is 5.75 Å². The van der Waals surface area contributed by atoms with Gasteiger partial charge in [0.25, 0.3) is 0 Å². The number of nitrogens with one attached hydrogen (secondary N) is 2. The lowest BCUT2D eigenvalue weighted by Gasteiger charge is -2.17. The Kier molecular flexibility index (Phi) is 6.52. The monoisotopic (exact) mass is 416 g/mol. The van der Waals surface area contributed by atoms with Gasteiger partial charge in [-0.3, -0.25) is 4.79 Å². The fourth-order valence-electron chi connectivity index (χ4n) is 2.19. The van der Waals surface area contributed by atoms with E-state index in [1.165, 1.54) is 32.2 Å². The van der Waals surface area contributed by atoms with Gasteiger partial charge in [-0.1, -0.05) is 29.3 Å². The number of rotatable bonds is 6. The van der Waals surface area contributed by atoms with E-state index in [0.717, 1.165) is 0 Å². The Labute approximate surface area is 162 Å². The zero-order valence-corrected chi connectivity index (χ0v) is 16.7. The molecule has 26 heavy (non-hydrogen) atoms. The Morgan fingerprint density at radius 3 is 2.54 bits per heavy atom. The van der Waals surface area contributed by atoms with E-state index >= 15 is 0 Å². The molecule has 0 unspecified atom stereocenters. The average Bonchev–Trinajstić information content (AvgIpc) is 2.58. The second-order valence-electron chi connectivity index (χ2n) is 5.54. The highest BCUT2D eigenvalue weighted by molar-refractivity contribution is 7.89. The number of hydrogen-bond donors (Lipinski definition) is 2. The standard InChI is InChI=1S/C17H18Cl2N2O4S/c1-10-13(19)5-4-6-14(10)20-17(22)11(2)21-26(23,24)16-9-12(18)7-8-15(16)25-3/h4-9,11,21H,1-3H3,(H,20,22)/t11-/m1/s1. The SMILES string of the molecule is COc1ccc(Cl)cc1S(=O)(=O)N[C@H](C)C(=O)Nc1cccc(Cl)c1C. The van der Waals surface area contributed by atoms with Crippen molar-refractivity contribution in [2.45, 2.75) is 24.8 Å². The maximum absolute atomic E-state index is 12.6. The Hall–Kier alpha value is -1.80. The second kappa shape index (κ2) is 8.26. The summed E-state index contributed by atoms with van der Waals surface area (Å²) >= 11 is 11.9. The molecule has 2 aromatic rings. The molecule has 1 atom stereocenters. The van der Waals surface area contributed by atoms with Crippen molar-refractivity contribution < 1.29 is 17.9 Å². The number of halogens is 2. The van der Waals surface area contributed by atoms with E-state index in [1.807, 2.05) is 0 Å². The molecule has 0 fully saturated rings. The number of sulfonamides is 1. The van der Waals surface area contributed by atoms with Crippen molar-refractivity contribution in [2.75, 3.05) is 12.4 Å². The predicted octanol–water partition coefficient (Wildman–Crippen LogP) is 3.62. The van der Waals surface area contributed by atoms with E-state index in [2.05, 4.69) is 10.0 Å². The molecular formula is C17H18Cl2N2O4S. The van der Waals surface area contributed by atoms with E-state index in [9.17, 15) is 13.2 Å². The number of anilines is 1. The van der Waals surface area contributed by atoms with Crippen LogP contribution < -0.4 is 14.8 Å². The topological polar surface area (TPSA) is 84.5 Å². The Morgan fingerprint density at radius 1 is 1.19 bits per heavy atom. The first-order valence-corrected chi connectivity index (χ1v) is 9.81. The number of benzene rings is 2. The minimum Gasteiger partial charge on any atom is -0.495 e. The highest BCUT2D eigenvalue weighted by atomic mass is 35.5. The van der Waals surface area contributed by atoms with Crippen LogP contribution in [0.15, 0.2) is 41.3 Å². The summed E-state index contributed by atoms with van der Waals surface area (Å²) in [4.78, 5) is 12.2. The first-order chi connectivity index (χ1) is 12.2. The quantitative estimate of drug-likeness (QED) is 0.752. The molecule has 2 rings (SSSR count). The minimum absolute atomic E-state index is 0.125. The molecular weight excluding hydrogens is 399 g/mol. The van der Waals surface area contributed by atoms with Crippen molar-refractivity contribution in [1.29, 1.82) is 0 Å². The highest BCUT2D eigenvalue weighted by Gasteiger charge is 2.25. The average molecular weight is 417 g/mol. The van der Waals surface area contributed by atoms with Gasteiger partial charge in [-0.25, -0.2) is 8.42 Å². The molecule has 0 saturated heterocycles. The first kappa shape index (κ1) is 20.5. The zero-order chi connectivity index (χ0) is 19.5. The van der Waals surface area contributed by atoms with Gasteiger partial charge in [-0.15, -0.1) is 0 Å². The predicted molar refractivity (Wildman–Crippen MR) is 103 cm³/mol. The summed E-state index contributed by atoms with van der Waals surface area (Å²) in [6.45, 7) is 3.19. The molecule has 6 nitrogen and oxygen atoms in total. The largest absolute Gasteiger partial charge is 0.495 e. The van der Waals surface area contributed by atoms with Crippen molar-refractivity contribution in [3.05, 3.63) is 52.0 Å². The summed E-state index contributed by atoms with van der Waals surface area (Å²) in [7, 11) is -2.68. The van der Waals surface area contributed by atoms with Crippen LogP contribution >= 0.6 is 23.2 Å². The summed E-state index contributed by atoms with van der Waals surface area (Å²) < 4.78 is 32.6. The van der Waals surface area contributed by atoms with E-state index in [-0.39, 0.29) is 15.7 Å². The van der Waals surface area contributed by atoms with Gasteiger partial charge in [0.1, 0.15) is 10.6 Å². The zero-order valence-electron chi connectivity index (χ0n) is 14.3. The van der Waals surface area contributed by atoms with Gasteiger partial charge in [-0.2, -0.15) is 4.72 Å². The molecule has 0 spiro atoms. The van der Waals surface area contributed by atoms with Crippen LogP contribution in [0.4, 0.5) is 5.69 Å². The van der Waals surface area contributed by atoms with Gasteiger partial charge in [0.2, 0.25) is 15.9 Å². The van der Waals surface area contributed by atoms with Crippen molar-refractivity contribution in [3.63, 3.8) is 0 Å². The first-order valence-electron chi connectivity index (χ1n) is 7.57. The maximum atomic E-state index is 12.6. The van der Waals surface area contributed by atoms with Crippen molar-refractivity contribution in [2.24, 2.45) is 0 Å². The van der Waals surface area contributed by atoms with Crippen LogP contribution in [0, 0.1) is 6.92 Å². The fraction of sp³-hybridized carbons (Fsp3) is 0.235. The fourth-order valence-corrected chi connectivity index (χ4v) is 4.00. The molecule has 2 aromatic carbocycles. The molecule has 0 aliphatic heterocycles. The van der Waals surface area contributed by atoms with E-state index in [1.54, 1.807) is 25.1 Å². The third kappa shape index (κ3) is 4.67. The summed E-state index contributed by atoms with van der Waals surface area (Å²) in [6, 6.07) is 8.24. The number of amides is 1. The summed E-state index contributed by atoms with van der Waals surface area (Å²) in [5, 5.41) is 3.39. The molecule has 140 valence electrons. The molecule has 0 heterocycles. The number of carbonyl (C=O) groups is 1. The lowest BCUT2D eigenvalue weighted by molar-refractivity contribution is -0.117. The Bertz CT molecular complexity index is 932. The van der Waals surface area contributed by atoms with E-state index in [0.29, 0.717) is 16.3 Å². The number of methoxy groups -OCH3 is 1. The van der Waals surface area contributed by atoms with Crippen molar-refractivity contribution >= 4 is 44.8 Å². The van der Waals surface area contributed by atoms with Crippen LogP contribution in [0.1, 0.15) is 12.5 Å². The molecule has 0 saturated carbocycles. The molecule has 0 bridgehead atoms. The lowest BCUT2D eigenvalue weighted by atomic mass is 10.2. The van der Waals surface area contributed by atoms with Gasteiger partial charge < -0.3 is 10.1 Å².